The second-order valence-corrected chi connectivity index (χ2v) is 7.37. The van der Waals surface area contributed by atoms with Crippen LogP contribution in [0.1, 0.15) is 11.1 Å². The molecule has 0 fully saturated rings. The predicted octanol–water partition coefficient (Wildman–Crippen LogP) is 4.23. The van der Waals surface area contributed by atoms with Crippen LogP contribution in [0.4, 0.5) is 15.9 Å². The summed E-state index contributed by atoms with van der Waals surface area (Å²) in [6.45, 7) is 2.04. The molecule has 0 aliphatic carbocycles. The summed E-state index contributed by atoms with van der Waals surface area (Å²) in [6.07, 6.45) is 3.51. The van der Waals surface area contributed by atoms with Gasteiger partial charge in [0.25, 0.3) is 0 Å². The summed E-state index contributed by atoms with van der Waals surface area (Å²) in [4.78, 5) is 13.1. The highest BCUT2D eigenvalue weighted by molar-refractivity contribution is 7.98. The molecule has 8 heteroatoms. The van der Waals surface area contributed by atoms with Gasteiger partial charge in [-0.3, -0.25) is 9.47 Å². The lowest BCUT2D eigenvalue weighted by Gasteiger charge is -2.14. The summed E-state index contributed by atoms with van der Waals surface area (Å²) < 4.78 is 16.5. The Kier molecular flexibility index (Phi) is 5.44. The molecule has 2 aromatic carbocycles. The Labute approximate surface area is 171 Å². The van der Waals surface area contributed by atoms with E-state index < -0.39 is 5.82 Å². The predicted molar refractivity (Wildman–Crippen MR) is 112 cm³/mol. The van der Waals surface area contributed by atoms with E-state index in [1.807, 2.05) is 37.3 Å². The van der Waals surface area contributed by atoms with Gasteiger partial charge in [0.2, 0.25) is 11.0 Å². The van der Waals surface area contributed by atoms with Crippen molar-refractivity contribution in [1.29, 1.82) is 0 Å². The zero-order valence-corrected chi connectivity index (χ0v) is 16.4. The molecule has 1 N–H and O–H groups in total. The lowest BCUT2D eigenvalue weighted by Crippen LogP contribution is -2.30. The van der Waals surface area contributed by atoms with E-state index in [2.05, 4.69) is 21.6 Å². The van der Waals surface area contributed by atoms with Gasteiger partial charge in [-0.25, -0.2) is 4.39 Å². The minimum Gasteiger partial charge on any atom is -0.334 e. The number of nitrogens with one attached hydrogen (secondary N) is 1. The Morgan fingerprint density at radius 3 is 2.59 bits per heavy atom. The zero-order chi connectivity index (χ0) is 20.2. The molecule has 0 radical (unpaired) electrons. The molecule has 0 saturated heterocycles. The topological polar surface area (TPSA) is 64.7 Å². The normalized spacial score (nSPS) is 10.8. The highest BCUT2D eigenvalue weighted by Gasteiger charge is 2.15. The minimum atomic E-state index is -0.404. The molecular formula is C21H18FN5OS. The summed E-state index contributed by atoms with van der Waals surface area (Å²) in [5.41, 5.74) is 2.35. The molecule has 4 aromatic rings. The van der Waals surface area contributed by atoms with Gasteiger partial charge < -0.3 is 5.32 Å². The summed E-state index contributed by atoms with van der Waals surface area (Å²) >= 11 is 1.42. The van der Waals surface area contributed by atoms with E-state index in [1.165, 1.54) is 34.1 Å². The molecule has 2 heterocycles. The fraction of sp³-hybridized carbons (Fsp3) is 0.0952. The van der Waals surface area contributed by atoms with Gasteiger partial charge in [-0.15, -0.1) is 10.2 Å². The van der Waals surface area contributed by atoms with E-state index in [0.717, 1.165) is 5.56 Å². The maximum atomic E-state index is 13.5. The van der Waals surface area contributed by atoms with E-state index in [4.69, 9.17) is 0 Å². The molecule has 0 aliphatic rings. The molecule has 0 amide bonds. The van der Waals surface area contributed by atoms with E-state index in [9.17, 15) is 9.18 Å². The number of aromatic nitrogens is 4. The quantitative estimate of drug-likeness (QED) is 0.485. The van der Waals surface area contributed by atoms with Crippen LogP contribution >= 0.6 is 11.8 Å². The smallest absolute Gasteiger partial charge is 0.316 e. The molecular weight excluding hydrogens is 389 g/mol. The van der Waals surface area contributed by atoms with E-state index in [0.29, 0.717) is 16.6 Å². The van der Waals surface area contributed by atoms with Crippen LogP contribution in [0.2, 0.25) is 0 Å². The molecule has 0 unspecified atom stereocenters. The lowest BCUT2D eigenvalue weighted by molar-refractivity contribution is 0.533. The van der Waals surface area contributed by atoms with Gasteiger partial charge in [0.15, 0.2) is 0 Å². The van der Waals surface area contributed by atoms with Crippen LogP contribution in [0.25, 0.3) is 0 Å². The van der Waals surface area contributed by atoms with E-state index >= 15 is 0 Å². The molecule has 0 bridgehead atoms. The van der Waals surface area contributed by atoms with Crippen molar-refractivity contribution in [2.75, 3.05) is 5.32 Å². The third-order valence-corrected chi connectivity index (χ3v) is 5.16. The summed E-state index contributed by atoms with van der Waals surface area (Å²) in [5.74, 6) is 0.261. The number of halogens is 1. The Morgan fingerprint density at radius 1 is 1.03 bits per heavy atom. The van der Waals surface area contributed by atoms with Gasteiger partial charge in [-0.05, 0) is 42.8 Å². The van der Waals surface area contributed by atoms with Crippen molar-refractivity contribution in [3.05, 3.63) is 100 Å². The zero-order valence-electron chi connectivity index (χ0n) is 15.6. The van der Waals surface area contributed by atoms with Crippen molar-refractivity contribution >= 4 is 23.3 Å². The fourth-order valence-corrected chi connectivity index (χ4v) is 3.72. The summed E-state index contributed by atoms with van der Waals surface area (Å²) in [7, 11) is 0. The van der Waals surface area contributed by atoms with Crippen molar-refractivity contribution in [1.82, 2.24) is 19.5 Å². The van der Waals surface area contributed by atoms with Gasteiger partial charge in [0.05, 0.1) is 0 Å². The highest BCUT2D eigenvalue weighted by atomic mass is 32.2. The van der Waals surface area contributed by atoms with Crippen LogP contribution < -0.4 is 10.9 Å². The largest absolute Gasteiger partial charge is 0.334 e. The maximum absolute atomic E-state index is 13.5. The number of rotatable bonds is 6. The SMILES string of the molecule is Cc1cccc(CSc2nnc(Nc3cccc(F)c3)c(=O)n2-n2cccc2)c1. The molecule has 0 saturated carbocycles. The fourth-order valence-electron chi connectivity index (χ4n) is 2.85. The van der Waals surface area contributed by atoms with Crippen molar-refractivity contribution in [2.45, 2.75) is 17.8 Å². The Balaban J connectivity index is 1.68. The van der Waals surface area contributed by atoms with Gasteiger partial charge >= 0.3 is 5.56 Å². The Hall–Kier alpha value is -3.39. The summed E-state index contributed by atoms with van der Waals surface area (Å²) in [6, 6.07) is 17.7. The van der Waals surface area contributed by atoms with Gasteiger partial charge in [-0.2, -0.15) is 4.68 Å². The van der Waals surface area contributed by atoms with Crippen LogP contribution in [0.3, 0.4) is 0 Å². The monoisotopic (exact) mass is 407 g/mol. The number of anilines is 2. The summed E-state index contributed by atoms with van der Waals surface area (Å²) in [5, 5.41) is 11.6. The molecule has 2 aromatic heterocycles. The molecule has 0 atom stereocenters. The first kappa shape index (κ1) is 18.9. The first-order chi connectivity index (χ1) is 14.1. The highest BCUT2D eigenvalue weighted by Crippen LogP contribution is 2.21. The first-order valence-electron chi connectivity index (χ1n) is 8.94. The number of benzene rings is 2. The van der Waals surface area contributed by atoms with Gasteiger partial charge in [0.1, 0.15) is 5.82 Å². The van der Waals surface area contributed by atoms with Crippen LogP contribution in [-0.2, 0) is 5.75 Å². The number of nitrogens with zero attached hydrogens (tertiary/aromatic N) is 4. The number of thioether (sulfide) groups is 1. The maximum Gasteiger partial charge on any atom is 0.316 e. The van der Waals surface area contributed by atoms with Gasteiger partial charge in [0, 0.05) is 23.8 Å². The van der Waals surface area contributed by atoms with Crippen LogP contribution in [0.5, 0.6) is 0 Å². The number of hydrogen-bond acceptors (Lipinski definition) is 5. The average molecular weight is 407 g/mol. The Morgan fingerprint density at radius 2 is 1.83 bits per heavy atom. The van der Waals surface area contributed by atoms with Crippen molar-refractivity contribution < 1.29 is 4.39 Å². The molecule has 0 aliphatic heterocycles. The molecule has 0 spiro atoms. The Bertz CT molecular complexity index is 1190. The molecule has 146 valence electrons. The molecule has 29 heavy (non-hydrogen) atoms. The number of aryl methyl sites for hydroxylation is 1. The van der Waals surface area contributed by atoms with Gasteiger partial charge in [-0.1, -0.05) is 47.7 Å². The third-order valence-electron chi connectivity index (χ3n) is 4.17. The lowest BCUT2D eigenvalue weighted by atomic mass is 10.2. The van der Waals surface area contributed by atoms with E-state index in [1.54, 1.807) is 29.2 Å². The van der Waals surface area contributed by atoms with Crippen molar-refractivity contribution in [3.8, 4) is 0 Å². The first-order valence-corrected chi connectivity index (χ1v) is 9.93. The van der Waals surface area contributed by atoms with Crippen LogP contribution in [0.15, 0.2) is 83.0 Å². The van der Waals surface area contributed by atoms with Crippen LogP contribution in [0, 0.1) is 12.7 Å². The van der Waals surface area contributed by atoms with Crippen LogP contribution in [-0.4, -0.2) is 19.5 Å². The molecule has 4 rings (SSSR count). The molecule has 6 nitrogen and oxygen atoms in total. The second-order valence-electron chi connectivity index (χ2n) is 6.42. The third kappa shape index (κ3) is 4.38. The average Bonchev–Trinajstić information content (AvgIpc) is 3.22. The number of hydrogen-bond donors (Lipinski definition) is 1. The van der Waals surface area contributed by atoms with Crippen molar-refractivity contribution in [3.63, 3.8) is 0 Å². The van der Waals surface area contributed by atoms with E-state index in [-0.39, 0.29) is 11.4 Å². The minimum absolute atomic E-state index is 0.0178. The van der Waals surface area contributed by atoms with Crippen molar-refractivity contribution in [2.24, 2.45) is 0 Å². The standard InChI is InChI=1S/C21H18FN5OS/c1-15-6-4-7-16(12-15)14-29-21-25-24-19(23-18-9-5-8-17(22)13-18)20(28)27(21)26-10-2-3-11-26/h2-13H,14H2,1H3,(H,23,24). The second kappa shape index (κ2) is 8.32.